The number of benzene rings is 1. The molecule has 0 radical (unpaired) electrons. The van der Waals surface area contributed by atoms with Crippen LogP contribution < -0.4 is 0 Å². The van der Waals surface area contributed by atoms with Crippen LogP contribution in [0.2, 0.25) is 0 Å². The lowest BCUT2D eigenvalue weighted by atomic mass is 9.93. The highest BCUT2D eigenvalue weighted by atomic mass is 127. The van der Waals surface area contributed by atoms with Gasteiger partial charge in [-0.25, -0.2) is 0 Å². The molecular formula is C15H15ClIN. The van der Waals surface area contributed by atoms with Gasteiger partial charge < -0.3 is 0 Å². The normalized spacial score (nSPS) is 14.2. The van der Waals surface area contributed by atoms with Crippen LogP contribution in [-0.4, -0.2) is 4.98 Å². The molecular weight excluding hydrogens is 357 g/mol. The van der Waals surface area contributed by atoms with Crippen LogP contribution in [0.4, 0.5) is 0 Å². The van der Waals surface area contributed by atoms with Crippen LogP contribution in [-0.2, 0) is 0 Å². The quantitative estimate of drug-likeness (QED) is 0.542. The summed E-state index contributed by atoms with van der Waals surface area (Å²) in [5, 5.41) is -0.0146. The van der Waals surface area contributed by atoms with Crippen LogP contribution in [0.5, 0.6) is 0 Å². The third-order valence-electron chi connectivity index (χ3n) is 3.19. The molecule has 1 aromatic heterocycles. The van der Waals surface area contributed by atoms with Gasteiger partial charge in [0.2, 0.25) is 0 Å². The molecule has 0 fully saturated rings. The van der Waals surface area contributed by atoms with Crippen molar-refractivity contribution in [2.75, 3.05) is 0 Å². The molecule has 0 saturated heterocycles. The van der Waals surface area contributed by atoms with Crippen LogP contribution in [0.1, 0.15) is 34.9 Å². The fourth-order valence-corrected chi connectivity index (χ4v) is 3.19. The molecule has 94 valence electrons. The zero-order valence-electron chi connectivity index (χ0n) is 10.4. The van der Waals surface area contributed by atoms with Crippen LogP contribution in [0.15, 0.2) is 42.7 Å². The molecule has 18 heavy (non-hydrogen) atoms. The molecule has 0 aliphatic rings. The number of rotatable bonds is 3. The predicted molar refractivity (Wildman–Crippen MR) is 85.1 cm³/mol. The summed E-state index contributed by atoms with van der Waals surface area (Å²) in [6.07, 6.45) is 3.63. The summed E-state index contributed by atoms with van der Waals surface area (Å²) in [5.74, 6) is 0.269. The van der Waals surface area contributed by atoms with Crippen molar-refractivity contribution in [3.63, 3.8) is 0 Å². The van der Waals surface area contributed by atoms with Gasteiger partial charge >= 0.3 is 0 Å². The second kappa shape index (κ2) is 6.02. The van der Waals surface area contributed by atoms with Crippen LogP contribution in [0.3, 0.4) is 0 Å². The van der Waals surface area contributed by atoms with E-state index < -0.39 is 0 Å². The maximum absolute atomic E-state index is 6.64. The van der Waals surface area contributed by atoms with Crippen LogP contribution in [0.25, 0.3) is 0 Å². The number of hydrogen-bond donors (Lipinski definition) is 0. The lowest BCUT2D eigenvalue weighted by molar-refractivity contribution is 0.727. The molecule has 0 saturated carbocycles. The van der Waals surface area contributed by atoms with Gasteiger partial charge in [0.05, 0.1) is 5.38 Å². The number of pyridine rings is 1. The highest BCUT2D eigenvalue weighted by molar-refractivity contribution is 14.1. The van der Waals surface area contributed by atoms with E-state index in [-0.39, 0.29) is 11.3 Å². The first-order valence-corrected chi connectivity index (χ1v) is 7.41. The number of halogens is 2. The van der Waals surface area contributed by atoms with Gasteiger partial charge in [0.1, 0.15) is 0 Å². The van der Waals surface area contributed by atoms with E-state index in [2.05, 4.69) is 59.6 Å². The number of nitrogens with zero attached hydrogens (tertiary/aromatic N) is 1. The van der Waals surface area contributed by atoms with E-state index in [4.69, 9.17) is 11.6 Å². The van der Waals surface area contributed by atoms with Crippen molar-refractivity contribution < 1.29 is 0 Å². The van der Waals surface area contributed by atoms with Gasteiger partial charge in [-0.1, -0.05) is 25.1 Å². The Labute approximate surface area is 127 Å². The van der Waals surface area contributed by atoms with Crippen LogP contribution >= 0.6 is 34.2 Å². The monoisotopic (exact) mass is 371 g/mol. The second-order valence-corrected chi connectivity index (χ2v) is 6.00. The van der Waals surface area contributed by atoms with Crippen molar-refractivity contribution in [2.45, 2.75) is 25.1 Å². The molecule has 0 aliphatic heterocycles. The Morgan fingerprint density at radius 3 is 2.50 bits per heavy atom. The van der Waals surface area contributed by atoms with Gasteiger partial charge in [-0.2, -0.15) is 0 Å². The number of hydrogen-bond acceptors (Lipinski definition) is 1. The first-order valence-electron chi connectivity index (χ1n) is 5.90. The van der Waals surface area contributed by atoms with Crippen molar-refractivity contribution in [1.29, 1.82) is 0 Å². The Bertz CT molecular complexity index is 527. The highest BCUT2D eigenvalue weighted by Gasteiger charge is 2.20. The summed E-state index contributed by atoms with van der Waals surface area (Å²) in [6, 6.07) is 10.4. The van der Waals surface area contributed by atoms with Crippen molar-refractivity contribution in [2.24, 2.45) is 0 Å². The smallest absolute Gasteiger partial charge is 0.0661 e. The summed E-state index contributed by atoms with van der Waals surface area (Å²) in [7, 11) is 0. The zero-order valence-corrected chi connectivity index (χ0v) is 13.3. The average Bonchev–Trinajstić information content (AvgIpc) is 2.41. The summed E-state index contributed by atoms with van der Waals surface area (Å²) in [6.45, 7) is 4.28. The Morgan fingerprint density at radius 2 is 1.83 bits per heavy atom. The van der Waals surface area contributed by atoms with Gasteiger partial charge in [-0.05, 0) is 58.3 Å². The van der Waals surface area contributed by atoms with Crippen molar-refractivity contribution in [1.82, 2.24) is 4.98 Å². The molecule has 1 heterocycles. The van der Waals surface area contributed by atoms with E-state index in [1.807, 2.05) is 24.5 Å². The molecule has 1 aromatic carbocycles. The van der Waals surface area contributed by atoms with Gasteiger partial charge in [0.15, 0.2) is 0 Å². The summed E-state index contributed by atoms with van der Waals surface area (Å²) in [4.78, 5) is 4.05. The van der Waals surface area contributed by atoms with Gasteiger partial charge in [-0.15, -0.1) is 11.6 Å². The number of alkyl halides is 1. The maximum Gasteiger partial charge on any atom is 0.0661 e. The Hall–Kier alpha value is -0.610. The minimum absolute atomic E-state index is 0.0146. The van der Waals surface area contributed by atoms with Gasteiger partial charge in [0.25, 0.3) is 0 Å². The Balaban J connectivity index is 2.31. The SMILES string of the molecule is Cc1cccc(C(Cl)C(C)c2ccncc2)c1I. The second-order valence-electron chi connectivity index (χ2n) is 4.45. The standard InChI is InChI=1S/C15H15ClIN/c1-10-4-3-5-13(15(10)17)14(16)11(2)12-6-8-18-9-7-12/h3-9,11,14H,1-2H3. The molecule has 0 bridgehead atoms. The Morgan fingerprint density at radius 1 is 1.17 bits per heavy atom. The minimum Gasteiger partial charge on any atom is -0.265 e. The number of aromatic nitrogens is 1. The van der Waals surface area contributed by atoms with Crippen molar-refractivity contribution >= 4 is 34.2 Å². The average molecular weight is 372 g/mol. The van der Waals surface area contributed by atoms with Gasteiger partial charge in [-0.3, -0.25) is 4.98 Å². The molecule has 0 N–H and O–H groups in total. The fraction of sp³-hybridized carbons (Fsp3) is 0.267. The van der Waals surface area contributed by atoms with Gasteiger partial charge in [0, 0.05) is 21.9 Å². The van der Waals surface area contributed by atoms with E-state index in [0.717, 1.165) is 0 Å². The third-order valence-corrected chi connectivity index (χ3v) is 5.28. The molecule has 0 spiro atoms. The molecule has 2 aromatic rings. The van der Waals surface area contributed by atoms with E-state index in [0.29, 0.717) is 0 Å². The number of aryl methyl sites for hydroxylation is 1. The maximum atomic E-state index is 6.64. The first kappa shape index (κ1) is 13.8. The van der Waals surface area contributed by atoms with Crippen molar-refractivity contribution in [3.8, 4) is 0 Å². The largest absolute Gasteiger partial charge is 0.265 e. The summed E-state index contributed by atoms with van der Waals surface area (Å²) in [5.41, 5.74) is 3.71. The minimum atomic E-state index is -0.0146. The summed E-state index contributed by atoms with van der Waals surface area (Å²) >= 11 is 9.02. The summed E-state index contributed by atoms with van der Waals surface area (Å²) < 4.78 is 1.26. The lowest BCUT2D eigenvalue weighted by Gasteiger charge is -2.20. The molecule has 2 unspecified atom stereocenters. The molecule has 1 nitrogen and oxygen atoms in total. The van der Waals surface area contributed by atoms with E-state index in [9.17, 15) is 0 Å². The van der Waals surface area contributed by atoms with E-state index in [1.54, 1.807) is 0 Å². The molecule has 0 aliphatic carbocycles. The van der Waals surface area contributed by atoms with Crippen LogP contribution in [0, 0.1) is 10.5 Å². The Kier molecular flexibility index (Phi) is 4.62. The molecule has 2 rings (SSSR count). The van der Waals surface area contributed by atoms with E-state index >= 15 is 0 Å². The molecule has 2 atom stereocenters. The fourth-order valence-electron chi connectivity index (χ4n) is 1.99. The molecule has 0 amide bonds. The van der Waals surface area contributed by atoms with E-state index in [1.165, 1.54) is 20.3 Å². The van der Waals surface area contributed by atoms with Crippen molar-refractivity contribution in [3.05, 3.63) is 63.0 Å². The third kappa shape index (κ3) is 2.86. The first-order chi connectivity index (χ1) is 8.61. The lowest BCUT2D eigenvalue weighted by Crippen LogP contribution is -2.05. The topological polar surface area (TPSA) is 12.9 Å². The highest BCUT2D eigenvalue weighted by Crippen LogP contribution is 2.38. The molecule has 3 heteroatoms. The predicted octanol–water partition coefficient (Wildman–Crippen LogP) is 5.08. The zero-order chi connectivity index (χ0) is 13.1.